The zero-order valence-corrected chi connectivity index (χ0v) is 16.8. The van der Waals surface area contributed by atoms with Gasteiger partial charge in [0.05, 0.1) is 22.8 Å². The summed E-state index contributed by atoms with van der Waals surface area (Å²) in [6.07, 6.45) is 2.16. The second-order valence-corrected chi connectivity index (χ2v) is 8.05. The van der Waals surface area contributed by atoms with Crippen LogP contribution in [0.2, 0.25) is 0 Å². The summed E-state index contributed by atoms with van der Waals surface area (Å²) in [5, 5.41) is 2.64. The topological polar surface area (TPSA) is 115 Å². The van der Waals surface area contributed by atoms with Gasteiger partial charge in [0.15, 0.2) is 6.61 Å². The first-order valence-electron chi connectivity index (χ1n) is 8.85. The highest BCUT2D eigenvalue weighted by molar-refractivity contribution is 7.89. The molecule has 0 radical (unpaired) electrons. The molecule has 0 unspecified atom stereocenters. The third-order valence-electron chi connectivity index (χ3n) is 4.05. The monoisotopic (exact) mass is 408 g/mol. The fourth-order valence-electron chi connectivity index (χ4n) is 2.29. The van der Waals surface area contributed by atoms with E-state index < -0.39 is 28.5 Å². The summed E-state index contributed by atoms with van der Waals surface area (Å²) in [5.74, 6) is -0.615. The van der Waals surface area contributed by atoms with Gasteiger partial charge in [0, 0.05) is 6.04 Å². The van der Waals surface area contributed by atoms with Crippen molar-refractivity contribution >= 4 is 21.9 Å². The van der Waals surface area contributed by atoms with Gasteiger partial charge in [-0.1, -0.05) is 6.92 Å². The highest BCUT2D eigenvalue weighted by Crippen LogP contribution is 2.13. The van der Waals surface area contributed by atoms with Gasteiger partial charge in [-0.05, 0) is 56.7 Å². The summed E-state index contributed by atoms with van der Waals surface area (Å²) in [4.78, 5) is 24.0. The van der Waals surface area contributed by atoms with Crippen LogP contribution < -0.4 is 10.0 Å². The van der Waals surface area contributed by atoms with Crippen LogP contribution in [-0.2, 0) is 19.6 Å². The number of hydrogen-bond donors (Lipinski definition) is 2. The first-order chi connectivity index (χ1) is 13.2. The number of furan rings is 1. The summed E-state index contributed by atoms with van der Waals surface area (Å²) in [5.41, 5.74) is 0.148. The van der Waals surface area contributed by atoms with Gasteiger partial charge in [-0.25, -0.2) is 17.9 Å². The number of ether oxygens (including phenoxy) is 1. The summed E-state index contributed by atoms with van der Waals surface area (Å²) in [6.45, 7) is 4.92. The molecule has 152 valence electrons. The molecule has 2 rings (SSSR count). The molecule has 0 spiro atoms. The molecule has 2 N–H and O–H groups in total. The predicted octanol–water partition coefficient (Wildman–Crippen LogP) is 2.39. The third kappa shape index (κ3) is 5.93. The van der Waals surface area contributed by atoms with E-state index >= 15 is 0 Å². The molecule has 1 aromatic heterocycles. The molecule has 0 aliphatic heterocycles. The van der Waals surface area contributed by atoms with Crippen molar-refractivity contribution in [2.45, 2.75) is 44.2 Å². The number of benzene rings is 1. The molecule has 0 bridgehead atoms. The van der Waals surface area contributed by atoms with Crippen LogP contribution in [0.4, 0.5) is 0 Å². The molecule has 8 nitrogen and oxygen atoms in total. The smallest absolute Gasteiger partial charge is 0.338 e. The van der Waals surface area contributed by atoms with Crippen LogP contribution in [-0.4, -0.2) is 32.9 Å². The van der Waals surface area contributed by atoms with Crippen LogP contribution in [0, 0.1) is 0 Å². The molecule has 0 saturated carbocycles. The zero-order valence-electron chi connectivity index (χ0n) is 16.0. The van der Waals surface area contributed by atoms with E-state index in [-0.39, 0.29) is 22.5 Å². The molecular weight excluding hydrogens is 384 g/mol. The van der Waals surface area contributed by atoms with Gasteiger partial charge in [0.2, 0.25) is 10.0 Å². The van der Waals surface area contributed by atoms with Crippen LogP contribution in [0.1, 0.15) is 49.4 Å². The van der Waals surface area contributed by atoms with E-state index in [1.807, 2.05) is 6.92 Å². The molecule has 1 amide bonds. The summed E-state index contributed by atoms with van der Waals surface area (Å²) in [7, 11) is -3.65. The van der Waals surface area contributed by atoms with E-state index in [2.05, 4.69) is 10.0 Å². The summed E-state index contributed by atoms with van der Waals surface area (Å²) in [6, 6.07) is 8.21. The van der Waals surface area contributed by atoms with E-state index in [1.165, 1.54) is 30.5 Å². The molecule has 0 aliphatic carbocycles. The van der Waals surface area contributed by atoms with Crippen LogP contribution in [0.5, 0.6) is 0 Å². The van der Waals surface area contributed by atoms with Crippen molar-refractivity contribution in [3.8, 4) is 0 Å². The average Bonchev–Trinajstić information content (AvgIpc) is 3.20. The molecular formula is C19H24N2O6S. The van der Waals surface area contributed by atoms with Gasteiger partial charge in [0.1, 0.15) is 5.76 Å². The van der Waals surface area contributed by atoms with Crippen molar-refractivity contribution in [1.29, 1.82) is 0 Å². The molecule has 2 aromatic rings. The number of rotatable bonds is 9. The molecule has 9 heteroatoms. The average molecular weight is 408 g/mol. The SMILES string of the molecule is CC[C@H](C)NS(=O)(=O)c1ccc(C(=O)OCC(=O)N[C@@H](C)c2ccco2)cc1. The maximum atomic E-state index is 12.2. The predicted molar refractivity (Wildman–Crippen MR) is 102 cm³/mol. The fraction of sp³-hybridized carbons (Fsp3) is 0.368. The molecule has 0 saturated heterocycles. The van der Waals surface area contributed by atoms with Crippen LogP contribution >= 0.6 is 0 Å². The summed E-state index contributed by atoms with van der Waals surface area (Å²) >= 11 is 0. The van der Waals surface area contributed by atoms with Crippen LogP contribution in [0.15, 0.2) is 52.0 Å². The zero-order chi connectivity index (χ0) is 20.7. The van der Waals surface area contributed by atoms with E-state index in [4.69, 9.17) is 9.15 Å². The molecule has 0 fully saturated rings. The number of carbonyl (C=O) groups is 2. The Morgan fingerprint density at radius 2 is 1.82 bits per heavy atom. The summed E-state index contributed by atoms with van der Waals surface area (Å²) < 4.78 is 37.1. The van der Waals surface area contributed by atoms with Crippen molar-refractivity contribution in [3.63, 3.8) is 0 Å². The van der Waals surface area contributed by atoms with Crippen LogP contribution in [0.3, 0.4) is 0 Å². The van der Waals surface area contributed by atoms with Crippen molar-refractivity contribution in [2.75, 3.05) is 6.61 Å². The van der Waals surface area contributed by atoms with Crippen molar-refractivity contribution in [2.24, 2.45) is 0 Å². The maximum absolute atomic E-state index is 12.2. The molecule has 28 heavy (non-hydrogen) atoms. The Morgan fingerprint density at radius 1 is 1.14 bits per heavy atom. The Labute approximate surface area is 164 Å². The van der Waals surface area contributed by atoms with E-state index in [9.17, 15) is 18.0 Å². The second kappa shape index (κ2) is 9.52. The second-order valence-electron chi connectivity index (χ2n) is 6.34. The number of sulfonamides is 1. The highest BCUT2D eigenvalue weighted by atomic mass is 32.2. The van der Waals surface area contributed by atoms with Crippen molar-refractivity contribution in [1.82, 2.24) is 10.0 Å². The van der Waals surface area contributed by atoms with Crippen LogP contribution in [0.25, 0.3) is 0 Å². The molecule has 2 atom stereocenters. The van der Waals surface area contributed by atoms with Gasteiger partial charge in [0.25, 0.3) is 5.91 Å². The van der Waals surface area contributed by atoms with Crippen molar-refractivity contribution in [3.05, 3.63) is 54.0 Å². The normalized spacial score (nSPS) is 13.5. The lowest BCUT2D eigenvalue weighted by Crippen LogP contribution is -2.32. The van der Waals surface area contributed by atoms with Gasteiger partial charge >= 0.3 is 5.97 Å². The lowest BCUT2D eigenvalue weighted by atomic mass is 10.2. The molecule has 0 aliphatic rings. The molecule has 1 aromatic carbocycles. The minimum absolute atomic E-state index is 0.0503. The third-order valence-corrected chi connectivity index (χ3v) is 5.66. The van der Waals surface area contributed by atoms with Gasteiger partial charge < -0.3 is 14.5 Å². The van der Waals surface area contributed by atoms with E-state index in [1.54, 1.807) is 26.0 Å². The number of nitrogens with one attached hydrogen (secondary N) is 2. The van der Waals surface area contributed by atoms with E-state index in [0.29, 0.717) is 12.2 Å². The lowest BCUT2D eigenvalue weighted by molar-refractivity contribution is -0.125. The quantitative estimate of drug-likeness (QED) is 0.616. The minimum atomic E-state index is -3.65. The fourth-order valence-corrected chi connectivity index (χ4v) is 3.62. The minimum Gasteiger partial charge on any atom is -0.467 e. The standard InChI is InChI=1S/C19H24N2O6S/c1-4-13(2)21-28(24,25)16-9-7-15(8-10-16)19(23)27-12-18(22)20-14(3)17-6-5-11-26-17/h5-11,13-14,21H,4,12H2,1-3H3,(H,20,22)/t13-,14-/m0/s1. The molecule has 1 heterocycles. The van der Waals surface area contributed by atoms with Gasteiger partial charge in [-0.2, -0.15) is 0 Å². The largest absolute Gasteiger partial charge is 0.467 e. The van der Waals surface area contributed by atoms with E-state index in [0.717, 1.165) is 0 Å². The van der Waals surface area contributed by atoms with Gasteiger partial charge in [-0.3, -0.25) is 4.79 Å². The maximum Gasteiger partial charge on any atom is 0.338 e. The first-order valence-corrected chi connectivity index (χ1v) is 10.3. The Morgan fingerprint density at radius 3 is 2.39 bits per heavy atom. The Kier molecular flexibility index (Phi) is 7.36. The highest BCUT2D eigenvalue weighted by Gasteiger charge is 2.18. The Hall–Kier alpha value is -2.65. The lowest BCUT2D eigenvalue weighted by Gasteiger charge is -2.13. The Bertz CT molecular complexity index is 891. The number of hydrogen-bond acceptors (Lipinski definition) is 6. The van der Waals surface area contributed by atoms with Crippen molar-refractivity contribution < 1.29 is 27.2 Å². The number of amides is 1. The van der Waals surface area contributed by atoms with Gasteiger partial charge in [-0.15, -0.1) is 0 Å². The Balaban J connectivity index is 1.89. The number of esters is 1. The number of carbonyl (C=O) groups excluding carboxylic acids is 2. The first kappa shape index (κ1) is 21.6.